The van der Waals surface area contributed by atoms with E-state index < -0.39 is 0 Å². The number of methoxy groups -OCH3 is 1. The van der Waals surface area contributed by atoms with Crippen LogP contribution in [-0.2, 0) is 9.84 Å². The molecule has 20 heavy (non-hydrogen) atoms. The zero-order valence-electron chi connectivity index (χ0n) is 11.5. The van der Waals surface area contributed by atoms with E-state index in [4.69, 9.17) is 9.84 Å². The maximum atomic E-state index is 11.4. The fourth-order valence-electron chi connectivity index (χ4n) is 2.31. The van der Waals surface area contributed by atoms with Crippen molar-refractivity contribution in [2.45, 2.75) is 0 Å². The summed E-state index contributed by atoms with van der Waals surface area (Å²) in [5, 5.41) is 5.13. The average molecular weight is 515 g/mol. The molecule has 5 nitrogen and oxygen atoms in total. The SMILES string of the molecule is COC(=O)c1ccc(N2CCN(CC[O][Es])CC2)cc1. The van der Waals surface area contributed by atoms with Crippen LogP contribution in [0.2, 0.25) is 0 Å². The predicted octanol–water partition coefficient (Wildman–Crippen LogP) is 1.08. The predicted molar refractivity (Wildman–Crippen MR) is 72.4 cm³/mol. The topological polar surface area (TPSA) is 42.0 Å². The van der Waals surface area contributed by atoms with E-state index in [1.54, 1.807) is 0 Å². The molecule has 1 aromatic carbocycles. The Morgan fingerprint density at radius 1 is 1.20 bits per heavy atom. The van der Waals surface area contributed by atoms with Crippen LogP contribution in [0.3, 0.4) is 0 Å². The molecule has 0 aliphatic carbocycles. The molecule has 0 unspecified atom stereocenters. The monoisotopic (exact) mass is 515 g/mol. The molecule has 1 aliphatic rings. The first-order chi connectivity index (χ1) is 9.74. The number of carbonyl (C=O) groups excluding carboxylic acids is 1. The summed E-state index contributed by atoms with van der Waals surface area (Å²) in [7, 11) is 1.40. The third kappa shape index (κ3) is 3.24. The van der Waals surface area contributed by atoms with Gasteiger partial charge in [-0.25, -0.2) is 4.79 Å². The van der Waals surface area contributed by atoms with Crippen molar-refractivity contribution < 1.29 is 14.6 Å². The summed E-state index contributed by atoms with van der Waals surface area (Å²) in [4.78, 5) is 16.1. The Labute approximate surface area is 113 Å². The van der Waals surface area contributed by atoms with E-state index in [2.05, 4.69) is 9.80 Å². The van der Waals surface area contributed by atoms with Gasteiger partial charge in [0.05, 0.1) is 7.11 Å². The second-order valence-electron chi connectivity index (χ2n) is 4.66. The zero-order chi connectivity index (χ0) is 14.4. The van der Waals surface area contributed by atoms with Crippen LogP contribution in [-0.4, -0.2) is 57.3 Å². The van der Waals surface area contributed by atoms with Crippen molar-refractivity contribution in [1.29, 1.82) is 0 Å². The van der Waals surface area contributed by atoms with E-state index in [0.29, 0.717) is 5.56 Å². The van der Waals surface area contributed by atoms with Crippen LogP contribution in [0.15, 0.2) is 24.3 Å². The molecule has 0 amide bonds. The Bertz CT molecular complexity index is 431. The van der Waals surface area contributed by atoms with E-state index in [-0.39, 0.29) is 5.97 Å². The van der Waals surface area contributed by atoms with Crippen molar-refractivity contribution in [1.82, 2.24) is 4.90 Å². The fraction of sp³-hybridized carbons (Fsp3) is 0.500. The number of hydrogen-bond donors (Lipinski definition) is 0. The van der Waals surface area contributed by atoms with Crippen LogP contribution in [0.5, 0.6) is 0 Å². The van der Waals surface area contributed by atoms with E-state index in [9.17, 15) is 4.79 Å². The molecule has 0 saturated carbocycles. The summed E-state index contributed by atoms with van der Waals surface area (Å²) in [5.74, 6) is -0.290. The Kier molecular flexibility index (Phi) is 4.52. The van der Waals surface area contributed by atoms with Gasteiger partial charge in [0.2, 0.25) is 0 Å². The Morgan fingerprint density at radius 2 is 1.85 bits per heavy atom. The third-order valence-electron chi connectivity index (χ3n) is 3.49. The minimum atomic E-state index is -0.290. The third-order valence-corrected chi connectivity index (χ3v) is 4.01. The summed E-state index contributed by atoms with van der Waals surface area (Å²) in [6, 6.07) is 7.61. The van der Waals surface area contributed by atoms with Crippen molar-refractivity contribution in [3.05, 3.63) is 29.8 Å². The number of ether oxygens (including phenoxy) is 1. The molecule has 0 bridgehead atoms. The standard InChI is InChI=1S/C14H19N2O3.Es/c1-19-14(18)12-2-4-13(5-3-12)16-8-6-15(7-9-16)10-11-17;/h2-5H,6-11H2,1H3;/q-1;+1. The average Bonchev–Trinajstić information content (AvgIpc) is 2.53. The molecule has 0 radical (unpaired) electrons. The minimum absolute atomic E-state index is 0.290. The number of piperazine rings is 1. The summed E-state index contributed by atoms with van der Waals surface area (Å²) in [6.07, 6.45) is 0. The summed E-state index contributed by atoms with van der Waals surface area (Å²) < 4.78 is 6.27. The first-order valence-electron chi connectivity index (χ1n) is 6.60. The summed E-state index contributed by atoms with van der Waals surface area (Å²) in [5.41, 5.74) is 1.75. The molecule has 0 spiro atoms. The molecule has 114 valence electrons. The molecule has 6 heteroatoms. The molecule has 0 atom stereocenters. The van der Waals surface area contributed by atoms with Gasteiger partial charge in [0.1, 0.15) is 0 Å². The molecule has 2 rings (SSSR count). The van der Waals surface area contributed by atoms with Crippen molar-refractivity contribution in [2.75, 3.05) is 51.3 Å². The van der Waals surface area contributed by atoms with E-state index >= 15 is 0 Å². The number of rotatable bonds is 5. The Hall–Kier alpha value is -2.59. The zero-order valence-corrected chi connectivity index (χ0v) is 14.0. The summed E-state index contributed by atoms with van der Waals surface area (Å²) >= 11 is 0. The van der Waals surface area contributed by atoms with E-state index in [1.807, 2.05) is 24.3 Å². The molecule has 1 fully saturated rings. The molecule has 1 saturated heterocycles. The van der Waals surface area contributed by atoms with Gasteiger partial charge >= 0.3 is 95.7 Å². The van der Waals surface area contributed by atoms with Crippen molar-refractivity contribution in [3.63, 3.8) is 0 Å². The van der Waals surface area contributed by atoms with Gasteiger partial charge < -0.3 is 4.74 Å². The number of anilines is 1. The van der Waals surface area contributed by atoms with Gasteiger partial charge in [0, 0.05) is 0 Å². The van der Waals surface area contributed by atoms with Gasteiger partial charge in [-0.05, 0) is 0 Å². The van der Waals surface area contributed by atoms with Crippen LogP contribution < -0.4 is 4.90 Å². The van der Waals surface area contributed by atoms with E-state index in [0.717, 1.165) is 45.0 Å². The molecule has 1 heterocycles. The Balaban J connectivity index is 1.89. The second-order valence-corrected chi connectivity index (χ2v) is 5.38. The molecule has 0 N–H and O–H groups in total. The normalized spacial score (nSPS) is 16.2. The molecular formula is C14H19EsN2O3. The first kappa shape index (κ1) is 13.8. The van der Waals surface area contributed by atoms with Gasteiger partial charge in [0.25, 0.3) is 0 Å². The van der Waals surface area contributed by atoms with Crippen LogP contribution in [0.25, 0.3) is 0 Å². The number of benzene rings is 1. The van der Waals surface area contributed by atoms with Crippen LogP contribution in [0, 0.1) is 0 Å². The van der Waals surface area contributed by atoms with Crippen molar-refractivity contribution in [3.8, 4) is 0 Å². The fourth-order valence-corrected chi connectivity index (χ4v) is 2.54. The number of carbonyl (C=O) groups is 1. The number of hydrogen-bond acceptors (Lipinski definition) is 5. The molecule has 1 aromatic rings. The van der Waals surface area contributed by atoms with Crippen LogP contribution in [0.4, 0.5) is 5.69 Å². The van der Waals surface area contributed by atoms with Gasteiger partial charge in [-0.15, -0.1) is 0 Å². The maximum absolute atomic E-state index is 11.4. The summed E-state index contributed by atoms with van der Waals surface area (Å²) in [6.45, 7) is 5.89. The van der Waals surface area contributed by atoms with Gasteiger partial charge in [0.15, 0.2) is 0 Å². The number of esters is 1. The van der Waals surface area contributed by atoms with Crippen molar-refractivity contribution >= 4 is 11.7 Å². The quantitative estimate of drug-likeness (QED) is 0.550. The second kappa shape index (κ2) is 6.54. The molecule has 1 aliphatic heterocycles. The van der Waals surface area contributed by atoms with Gasteiger partial charge in [-0.1, -0.05) is 0 Å². The van der Waals surface area contributed by atoms with Gasteiger partial charge in [-0.2, -0.15) is 0 Å². The van der Waals surface area contributed by atoms with Crippen LogP contribution in [0.1, 0.15) is 10.4 Å². The first-order valence-corrected chi connectivity index (χ1v) is 7.63. The van der Waals surface area contributed by atoms with Gasteiger partial charge in [-0.3, -0.25) is 0 Å². The van der Waals surface area contributed by atoms with Crippen molar-refractivity contribution in [2.24, 2.45) is 0 Å². The molecule has 0 aromatic heterocycles. The van der Waals surface area contributed by atoms with Crippen LogP contribution >= 0.6 is 0 Å². The van der Waals surface area contributed by atoms with E-state index in [1.165, 1.54) is 7.11 Å². The number of nitrogens with zero attached hydrogens (tertiary/aromatic N) is 2. The Morgan fingerprint density at radius 3 is 2.40 bits per heavy atom. The molecular weight excluding hydrogens is 496 g/mol.